The molecule has 0 amide bonds. The monoisotopic (exact) mass is 241 g/mol. The molecule has 0 atom stereocenters. The van der Waals surface area contributed by atoms with Crippen LogP contribution in [0.15, 0.2) is 33.9 Å². The van der Waals surface area contributed by atoms with Crippen LogP contribution in [0.2, 0.25) is 0 Å². The number of nitrogens with zero attached hydrogens (tertiary/aromatic N) is 1. The maximum atomic E-state index is 4.77. The second-order valence-corrected chi connectivity index (χ2v) is 3.41. The second-order valence-electron chi connectivity index (χ2n) is 2.55. The van der Waals surface area contributed by atoms with Crippen molar-refractivity contribution in [2.45, 2.75) is 13.3 Å². The van der Waals surface area contributed by atoms with Gasteiger partial charge in [0.15, 0.2) is 0 Å². The van der Waals surface area contributed by atoms with Gasteiger partial charge < -0.3 is 4.84 Å². The fourth-order valence-electron chi connectivity index (χ4n) is 1.11. The topological polar surface area (TPSA) is 21.6 Å². The first-order chi connectivity index (χ1) is 6.29. The highest BCUT2D eigenvalue weighted by Crippen LogP contribution is 2.18. The highest BCUT2D eigenvalue weighted by molar-refractivity contribution is 9.10. The van der Waals surface area contributed by atoms with Crippen molar-refractivity contribution in [2.24, 2.45) is 5.16 Å². The van der Waals surface area contributed by atoms with Crippen molar-refractivity contribution in [2.75, 3.05) is 7.11 Å². The van der Waals surface area contributed by atoms with E-state index in [1.165, 1.54) is 0 Å². The number of oxime groups is 1. The third-order valence-electron chi connectivity index (χ3n) is 1.72. The minimum atomic E-state index is 0.858. The molecule has 1 aromatic carbocycles. The van der Waals surface area contributed by atoms with Crippen LogP contribution in [0.25, 0.3) is 0 Å². The Bertz CT molecular complexity index is 310. The molecule has 1 aromatic rings. The van der Waals surface area contributed by atoms with Gasteiger partial charge in [-0.15, -0.1) is 0 Å². The van der Waals surface area contributed by atoms with Gasteiger partial charge in [-0.1, -0.05) is 46.2 Å². The summed E-state index contributed by atoms with van der Waals surface area (Å²) in [5, 5.41) is 3.96. The summed E-state index contributed by atoms with van der Waals surface area (Å²) in [5.41, 5.74) is 2.04. The first-order valence-electron chi connectivity index (χ1n) is 4.14. The molecule has 2 nitrogen and oxygen atoms in total. The molecule has 0 saturated carbocycles. The van der Waals surface area contributed by atoms with E-state index in [9.17, 15) is 0 Å². The molecule has 0 aromatic heterocycles. The Balaban J connectivity index is 3.05. The van der Waals surface area contributed by atoms with E-state index in [2.05, 4.69) is 28.0 Å². The van der Waals surface area contributed by atoms with Gasteiger partial charge >= 0.3 is 0 Å². The summed E-state index contributed by atoms with van der Waals surface area (Å²) in [6.07, 6.45) is 0.858. The minimum absolute atomic E-state index is 0.858. The Morgan fingerprint density at radius 1 is 1.46 bits per heavy atom. The Hall–Kier alpha value is -0.830. The lowest BCUT2D eigenvalue weighted by atomic mass is 10.1. The van der Waals surface area contributed by atoms with Crippen LogP contribution in [0.4, 0.5) is 0 Å². The molecule has 3 heteroatoms. The SMILES string of the molecule is CC/C(=N/OC)c1ccccc1Br. The third kappa shape index (κ3) is 2.56. The van der Waals surface area contributed by atoms with Crippen molar-refractivity contribution in [3.63, 3.8) is 0 Å². The van der Waals surface area contributed by atoms with Gasteiger partial charge in [-0.3, -0.25) is 0 Å². The summed E-state index contributed by atoms with van der Waals surface area (Å²) < 4.78 is 1.05. The fraction of sp³-hybridized carbons (Fsp3) is 0.300. The van der Waals surface area contributed by atoms with Crippen LogP contribution in [0.1, 0.15) is 18.9 Å². The molecule has 0 radical (unpaired) electrons. The molecule has 0 aliphatic heterocycles. The van der Waals surface area contributed by atoms with E-state index in [1.807, 2.05) is 24.3 Å². The van der Waals surface area contributed by atoms with Crippen molar-refractivity contribution >= 4 is 21.6 Å². The van der Waals surface area contributed by atoms with Crippen LogP contribution < -0.4 is 0 Å². The smallest absolute Gasteiger partial charge is 0.106 e. The van der Waals surface area contributed by atoms with Gasteiger partial charge in [-0.05, 0) is 12.5 Å². The molecule has 70 valence electrons. The molecule has 0 aliphatic rings. The number of hydrogen-bond donors (Lipinski definition) is 0. The molecule has 0 bridgehead atoms. The van der Waals surface area contributed by atoms with Crippen LogP contribution in [0.5, 0.6) is 0 Å². The first-order valence-corrected chi connectivity index (χ1v) is 4.93. The summed E-state index contributed by atoms with van der Waals surface area (Å²) >= 11 is 3.47. The minimum Gasteiger partial charge on any atom is -0.399 e. The summed E-state index contributed by atoms with van der Waals surface area (Å²) in [6, 6.07) is 7.98. The van der Waals surface area contributed by atoms with E-state index >= 15 is 0 Å². The number of rotatable bonds is 3. The van der Waals surface area contributed by atoms with Crippen molar-refractivity contribution < 1.29 is 4.84 Å². The lowest BCUT2D eigenvalue weighted by Gasteiger charge is -2.04. The first kappa shape index (κ1) is 10.3. The van der Waals surface area contributed by atoms with Crippen LogP contribution in [-0.4, -0.2) is 12.8 Å². The van der Waals surface area contributed by atoms with E-state index in [1.54, 1.807) is 7.11 Å². The summed E-state index contributed by atoms with van der Waals surface area (Å²) in [4.78, 5) is 4.77. The summed E-state index contributed by atoms with van der Waals surface area (Å²) in [5.74, 6) is 0. The van der Waals surface area contributed by atoms with Crippen LogP contribution in [-0.2, 0) is 4.84 Å². The van der Waals surface area contributed by atoms with Crippen molar-refractivity contribution in [1.82, 2.24) is 0 Å². The molecular weight excluding hydrogens is 230 g/mol. The molecule has 0 fully saturated rings. The summed E-state index contributed by atoms with van der Waals surface area (Å²) in [7, 11) is 1.56. The Kier molecular flexibility index (Phi) is 3.96. The Morgan fingerprint density at radius 3 is 2.69 bits per heavy atom. The molecule has 1 rings (SSSR count). The molecule has 0 unspecified atom stereocenters. The molecule has 0 saturated heterocycles. The van der Waals surface area contributed by atoms with Crippen molar-refractivity contribution in [1.29, 1.82) is 0 Å². The normalized spacial score (nSPS) is 11.5. The fourth-order valence-corrected chi connectivity index (χ4v) is 1.62. The zero-order valence-electron chi connectivity index (χ0n) is 7.75. The van der Waals surface area contributed by atoms with Crippen molar-refractivity contribution in [3.8, 4) is 0 Å². The lowest BCUT2D eigenvalue weighted by molar-refractivity contribution is 0.213. The molecular formula is C10H12BrNO. The van der Waals surface area contributed by atoms with E-state index < -0.39 is 0 Å². The van der Waals surface area contributed by atoms with Gasteiger partial charge in [0.05, 0.1) is 5.71 Å². The van der Waals surface area contributed by atoms with Crippen LogP contribution >= 0.6 is 15.9 Å². The van der Waals surface area contributed by atoms with E-state index in [4.69, 9.17) is 4.84 Å². The lowest BCUT2D eigenvalue weighted by Crippen LogP contribution is -2.00. The zero-order chi connectivity index (χ0) is 9.68. The van der Waals surface area contributed by atoms with Gasteiger partial charge in [0.1, 0.15) is 7.11 Å². The van der Waals surface area contributed by atoms with Crippen LogP contribution in [0.3, 0.4) is 0 Å². The number of halogens is 1. The van der Waals surface area contributed by atoms with Crippen LogP contribution in [0, 0.1) is 0 Å². The summed E-state index contributed by atoms with van der Waals surface area (Å²) in [6.45, 7) is 2.05. The van der Waals surface area contributed by atoms with E-state index in [0.29, 0.717) is 0 Å². The van der Waals surface area contributed by atoms with Gasteiger partial charge in [0, 0.05) is 10.0 Å². The predicted molar refractivity (Wildman–Crippen MR) is 58.0 cm³/mol. The molecule has 0 heterocycles. The highest BCUT2D eigenvalue weighted by atomic mass is 79.9. The number of hydrogen-bond acceptors (Lipinski definition) is 2. The highest BCUT2D eigenvalue weighted by Gasteiger charge is 2.04. The molecule has 0 N–H and O–H groups in total. The zero-order valence-corrected chi connectivity index (χ0v) is 9.34. The van der Waals surface area contributed by atoms with Gasteiger partial charge in [-0.25, -0.2) is 0 Å². The molecule has 0 aliphatic carbocycles. The average molecular weight is 242 g/mol. The van der Waals surface area contributed by atoms with Gasteiger partial charge in [0.2, 0.25) is 0 Å². The largest absolute Gasteiger partial charge is 0.399 e. The average Bonchev–Trinajstić information content (AvgIpc) is 2.16. The van der Waals surface area contributed by atoms with E-state index in [-0.39, 0.29) is 0 Å². The predicted octanol–water partition coefficient (Wildman–Crippen LogP) is 3.21. The molecule has 0 spiro atoms. The maximum Gasteiger partial charge on any atom is 0.106 e. The van der Waals surface area contributed by atoms with Crippen molar-refractivity contribution in [3.05, 3.63) is 34.3 Å². The Morgan fingerprint density at radius 2 is 2.15 bits per heavy atom. The van der Waals surface area contributed by atoms with E-state index in [0.717, 1.165) is 22.2 Å². The number of benzene rings is 1. The maximum absolute atomic E-state index is 4.77. The molecule has 13 heavy (non-hydrogen) atoms. The third-order valence-corrected chi connectivity index (χ3v) is 2.41. The van der Waals surface area contributed by atoms with Gasteiger partial charge in [-0.2, -0.15) is 0 Å². The van der Waals surface area contributed by atoms with Gasteiger partial charge in [0.25, 0.3) is 0 Å². The second kappa shape index (κ2) is 5.02. The Labute approximate surface area is 86.7 Å². The quantitative estimate of drug-likeness (QED) is 0.589. The standard InChI is InChI=1S/C10H12BrNO/c1-3-10(12-13-2)8-6-4-5-7-9(8)11/h4-7H,3H2,1-2H3/b12-10-.